The number of carbonyl (C=O) groups is 2. The van der Waals surface area contributed by atoms with Crippen molar-refractivity contribution >= 4 is 24.3 Å². The van der Waals surface area contributed by atoms with E-state index in [0.717, 1.165) is 0 Å². The smallest absolute Gasteiger partial charge is 0.217 e. The average Bonchev–Trinajstić information content (AvgIpc) is 1.81. The van der Waals surface area contributed by atoms with Crippen molar-refractivity contribution in [3.8, 4) is 0 Å². The molecule has 0 aromatic carbocycles. The van der Waals surface area contributed by atoms with Gasteiger partial charge in [-0.05, 0) is 6.92 Å². The minimum atomic E-state index is -0.430. The third-order valence-electron chi connectivity index (χ3n) is 1.05. The van der Waals surface area contributed by atoms with Gasteiger partial charge >= 0.3 is 0 Å². The Labute approximate surface area is 65.6 Å². The molecule has 1 amide bonds. The van der Waals surface area contributed by atoms with Gasteiger partial charge in [0.05, 0.1) is 6.04 Å². The average molecular weight is 161 g/mol. The standard InChI is InChI=1S/C6H11NO2S/c1-4(8)6(3-10)7-5(2)9/h6,10H,3H2,1-2H3,(H,7,9)/t6-/m0/s1. The third kappa shape index (κ3) is 3.50. The zero-order valence-electron chi connectivity index (χ0n) is 6.05. The van der Waals surface area contributed by atoms with Crippen LogP contribution in [-0.4, -0.2) is 23.5 Å². The zero-order valence-corrected chi connectivity index (χ0v) is 6.94. The maximum Gasteiger partial charge on any atom is 0.217 e. The highest BCUT2D eigenvalue weighted by molar-refractivity contribution is 7.80. The minimum absolute atomic E-state index is 0.0646. The Balaban J connectivity index is 3.83. The molecule has 0 saturated carbocycles. The summed E-state index contributed by atoms with van der Waals surface area (Å²) >= 11 is 3.89. The molecule has 58 valence electrons. The fraction of sp³-hybridized carbons (Fsp3) is 0.667. The van der Waals surface area contributed by atoms with Gasteiger partial charge in [0.2, 0.25) is 5.91 Å². The summed E-state index contributed by atoms with van der Waals surface area (Å²) in [6.07, 6.45) is 0. The van der Waals surface area contributed by atoms with Gasteiger partial charge in [-0.2, -0.15) is 12.6 Å². The Hall–Kier alpha value is -0.510. The van der Waals surface area contributed by atoms with E-state index in [1.54, 1.807) is 0 Å². The minimum Gasteiger partial charge on any atom is -0.346 e. The molecule has 0 radical (unpaired) electrons. The molecule has 0 heterocycles. The van der Waals surface area contributed by atoms with Gasteiger partial charge in [0.25, 0.3) is 0 Å². The summed E-state index contributed by atoms with van der Waals surface area (Å²) in [7, 11) is 0. The molecule has 1 N–H and O–H groups in total. The zero-order chi connectivity index (χ0) is 8.15. The van der Waals surface area contributed by atoms with E-state index in [1.807, 2.05) is 0 Å². The number of ketones is 1. The fourth-order valence-corrected chi connectivity index (χ4v) is 0.870. The predicted molar refractivity (Wildman–Crippen MR) is 42.1 cm³/mol. The van der Waals surface area contributed by atoms with Crippen molar-refractivity contribution in [3.63, 3.8) is 0 Å². The van der Waals surface area contributed by atoms with Crippen molar-refractivity contribution in [2.75, 3.05) is 5.75 Å². The molecule has 1 atom stereocenters. The largest absolute Gasteiger partial charge is 0.346 e. The summed E-state index contributed by atoms with van der Waals surface area (Å²) in [5.41, 5.74) is 0. The molecular formula is C6H11NO2S. The van der Waals surface area contributed by atoms with E-state index in [2.05, 4.69) is 17.9 Å². The second-order valence-corrected chi connectivity index (χ2v) is 2.41. The highest BCUT2D eigenvalue weighted by atomic mass is 32.1. The second-order valence-electron chi connectivity index (χ2n) is 2.05. The van der Waals surface area contributed by atoms with Gasteiger partial charge in [-0.1, -0.05) is 0 Å². The van der Waals surface area contributed by atoms with Crippen LogP contribution in [0.5, 0.6) is 0 Å². The van der Waals surface area contributed by atoms with Gasteiger partial charge < -0.3 is 5.32 Å². The lowest BCUT2D eigenvalue weighted by atomic mass is 10.2. The van der Waals surface area contributed by atoms with Crippen LogP contribution in [0.4, 0.5) is 0 Å². The summed E-state index contributed by atoms with van der Waals surface area (Å²) in [5.74, 6) is 0.0917. The monoisotopic (exact) mass is 161 g/mol. The number of Topliss-reactive ketones (excluding diaryl/α,β-unsaturated/α-hetero) is 1. The summed E-state index contributed by atoms with van der Waals surface area (Å²) in [4.78, 5) is 21.1. The molecule has 0 aliphatic carbocycles. The van der Waals surface area contributed by atoms with Gasteiger partial charge in [-0.25, -0.2) is 0 Å². The fourth-order valence-electron chi connectivity index (χ4n) is 0.521. The topological polar surface area (TPSA) is 46.2 Å². The molecule has 0 saturated heterocycles. The SMILES string of the molecule is CC(=O)N[C@@H](CS)C(C)=O. The molecular weight excluding hydrogens is 150 g/mol. The van der Waals surface area contributed by atoms with Crippen molar-refractivity contribution < 1.29 is 9.59 Å². The molecule has 0 aromatic rings. The number of rotatable bonds is 3. The van der Waals surface area contributed by atoms with Crippen molar-refractivity contribution in [3.05, 3.63) is 0 Å². The van der Waals surface area contributed by atoms with Crippen LogP contribution >= 0.6 is 12.6 Å². The molecule has 0 aliphatic rings. The van der Waals surface area contributed by atoms with E-state index >= 15 is 0 Å². The Morgan fingerprint density at radius 3 is 2.10 bits per heavy atom. The molecule has 0 fully saturated rings. The maximum atomic E-state index is 10.6. The molecule has 0 bridgehead atoms. The van der Waals surface area contributed by atoms with Gasteiger partial charge in [0, 0.05) is 12.7 Å². The van der Waals surface area contributed by atoms with Gasteiger partial charge in [-0.15, -0.1) is 0 Å². The van der Waals surface area contributed by atoms with Crippen molar-refractivity contribution in [1.29, 1.82) is 0 Å². The first-order chi connectivity index (χ1) is 4.57. The molecule has 0 rings (SSSR count). The van der Waals surface area contributed by atoms with E-state index in [9.17, 15) is 9.59 Å². The van der Waals surface area contributed by atoms with Crippen molar-refractivity contribution in [2.24, 2.45) is 0 Å². The van der Waals surface area contributed by atoms with E-state index in [4.69, 9.17) is 0 Å². The lowest BCUT2D eigenvalue weighted by Gasteiger charge is -2.10. The highest BCUT2D eigenvalue weighted by Gasteiger charge is 2.11. The Kier molecular flexibility index (Phi) is 4.11. The van der Waals surface area contributed by atoms with E-state index < -0.39 is 6.04 Å². The lowest BCUT2D eigenvalue weighted by Crippen LogP contribution is -2.39. The van der Waals surface area contributed by atoms with Crippen LogP contribution in [0, 0.1) is 0 Å². The quantitative estimate of drug-likeness (QED) is 0.573. The first-order valence-electron chi connectivity index (χ1n) is 2.96. The Morgan fingerprint density at radius 1 is 1.50 bits per heavy atom. The van der Waals surface area contributed by atoms with Crippen molar-refractivity contribution in [1.82, 2.24) is 5.32 Å². The molecule has 0 aliphatic heterocycles. The summed E-state index contributed by atoms with van der Waals surface area (Å²) < 4.78 is 0. The Bertz CT molecular complexity index is 147. The number of hydrogen-bond donors (Lipinski definition) is 2. The number of hydrogen-bond acceptors (Lipinski definition) is 3. The number of carbonyl (C=O) groups excluding carboxylic acids is 2. The second kappa shape index (κ2) is 4.33. The van der Waals surface area contributed by atoms with Gasteiger partial charge in [0.1, 0.15) is 0 Å². The normalized spacial score (nSPS) is 12.3. The molecule has 3 nitrogen and oxygen atoms in total. The van der Waals surface area contributed by atoms with E-state index in [0.29, 0.717) is 5.75 Å². The van der Waals surface area contributed by atoms with Crippen molar-refractivity contribution in [2.45, 2.75) is 19.9 Å². The lowest BCUT2D eigenvalue weighted by molar-refractivity contribution is -0.125. The molecule has 0 spiro atoms. The maximum absolute atomic E-state index is 10.6. The Morgan fingerprint density at radius 2 is 2.00 bits per heavy atom. The van der Waals surface area contributed by atoms with Crippen LogP contribution < -0.4 is 5.32 Å². The van der Waals surface area contributed by atoms with Crippen LogP contribution in [0.3, 0.4) is 0 Å². The first kappa shape index (κ1) is 9.49. The van der Waals surface area contributed by atoms with Crippen LogP contribution in [-0.2, 0) is 9.59 Å². The molecule has 10 heavy (non-hydrogen) atoms. The van der Waals surface area contributed by atoms with Crippen LogP contribution in [0.15, 0.2) is 0 Å². The highest BCUT2D eigenvalue weighted by Crippen LogP contribution is 1.88. The van der Waals surface area contributed by atoms with Gasteiger partial charge in [-0.3, -0.25) is 9.59 Å². The number of thiol groups is 1. The van der Waals surface area contributed by atoms with E-state index in [-0.39, 0.29) is 11.7 Å². The summed E-state index contributed by atoms with van der Waals surface area (Å²) in [6, 6.07) is -0.430. The molecule has 0 unspecified atom stereocenters. The van der Waals surface area contributed by atoms with Crippen LogP contribution in [0.1, 0.15) is 13.8 Å². The summed E-state index contributed by atoms with van der Waals surface area (Å²) in [6.45, 7) is 2.80. The molecule has 4 heteroatoms. The number of nitrogens with one attached hydrogen (secondary N) is 1. The van der Waals surface area contributed by atoms with E-state index in [1.165, 1.54) is 13.8 Å². The first-order valence-corrected chi connectivity index (χ1v) is 3.59. The summed E-state index contributed by atoms with van der Waals surface area (Å²) in [5, 5.41) is 2.46. The third-order valence-corrected chi connectivity index (χ3v) is 1.42. The number of amides is 1. The van der Waals surface area contributed by atoms with Crippen LogP contribution in [0.25, 0.3) is 0 Å². The van der Waals surface area contributed by atoms with Gasteiger partial charge in [0.15, 0.2) is 5.78 Å². The molecule has 0 aromatic heterocycles. The van der Waals surface area contributed by atoms with Crippen LogP contribution in [0.2, 0.25) is 0 Å². The predicted octanol–water partition coefficient (Wildman–Crippen LogP) is 0.00990.